The van der Waals surface area contributed by atoms with E-state index in [0.717, 1.165) is 33.8 Å². The number of pyridine rings is 1. The van der Waals surface area contributed by atoms with Crippen molar-refractivity contribution in [3.63, 3.8) is 0 Å². The zero-order chi connectivity index (χ0) is 19.1. The molecular formula is C21H17FN4O2. The molecule has 2 aromatic carbocycles. The van der Waals surface area contributed by atoms with Gasteiger partial charge in [-0.05, 0) is 30.3 Å². The second-order valence-corrected chi connectivity index (χ2v) is 6.57. The molecule has 0 amide bonds. The number of aryl methyl sites for hydroxylation is 1. The minimum atomic E-state index is -0.236. The Bertz CT molecular complexity index is 1190. The standard InChI is InChI=1S/C21H17FN4O2/c1-26-18-9-16(13-6-7-19-20(8-13)28-12-27-19)23-11-17(18)25-21(26)24-10-14-4-2-3-5-15(14)22/h2-9,11H,10,12H2,1H3,(H,24,25). The predicted molar refractivity (Wildman–Crippen MR) is 104 cm³/mol. The van der Waals surface area contributed by atoms with Crippen molar-refractivity contribution in [3.8, 4) is 22.8 Å². The van der Waals surface area contributed by atoms with Gasteiger partial charge in [0.1, 0.15) is 11.3 Å². The summed E-state index contributed by atoms with van der Waals surface area (Å²) in [6.45, 7) is 0.594. The molecule has 7 heteroatoms. The van der Waals surface area contributed by atoms with Crippen molar-refractivity contribution >= 4 is 17.0 Å². The van der Waals surface area contributed by atoms with Crippen LogP contribution in [0.1, 0.15) is 5.56 Å². The van der Waals surface area contributed by atoms with Gasteiger partial charge >= 0.3 is 0 Å². The van der Waals surface area contributed by atoms with Crippen LogP contribution in [0.15, 0.2) is 54.7 Å². The summed E-state index contributed by atoms with van der Waals surface area (Å²) in [5, 5.41) is 3.20. The average molecular weight is 376 g/mol. The summed E-state index contributed by atoms with van der Waals surface area (Å²) < 4.78 is 26.6. The number of rotatable bonds is 4. The van der Waals surface area contributed by atoms with E-state index >= 15 is 0 Å². The van der Waals surface area contributed by atoms with Crippen LogP contribution in [0.4, 0.5) is 10.3 Å². The van der Waals surface area contributed by atoms with Gasteiger partial charge in [0.2, 0.25) is 12.7 Å². The van der Waals surface area contributed by atoms with E-state index in [1.165, 1.54) is 6.07 Å². The first-order valence-electron chi connectivity index (χ1n) is 8.89. The third kappa shape index (κ3) is 2.81. The minimum Gasteiger partial charge on any atom is -0.454 e. The average Bonchev–Trinajstić information content (AvgIpc) is 3.31. The highest BCUT2D eigenvalue weighted by Gasteiger charge is 2.16. The van der Waals surface area contributed by atoms with Gasteiger partial charge in [-0.15, -0.1) is 0 Å². The summed E-state index contributed by atoms with van der Waals surface area (Å²) in [4.78, 5) is 9.10. The maximum atomic E-state index is 13.8. The van der Waals surface area contributed by atoms with E-state index < -0.39 is 0 Å². The van der Waals surface area contributed by atoms with Crippen LogP contribution in [0, 0.1) is 5.82 Å². The van der Waals surface area contributed by atoms with Crippen LogP contribution in [-0.4, -0.2) is 21.3 Å². The number of imidazole rings is 1. The van der Waals surface area contributed by atoms with Crippen LogP contribution in [0.25, 0.3) is 22.3 Å². The van der Waals surface area contributed by atoms with Gasteiger partial charge in [0.15, 0.2) is 11.5 Å². The van der Waals surface area contributed by atoms with E-state index in [1.807, 2.05) is 41.9 Å². The number of nitrogens with one attached hydrogen (secondary N) is 1. The Morgan fingerprint density at radius 3 is 2.86 bits per heavy atom. The molecule has 0 atom stereocenters. The van der Waals surface area contributed by atoms with Crippen molar-refractivity contribution in [2.75, 3.05) is 12.1 Å². The number of benzene rings is 2. The molecule has 2 aromatic heterocycles. The molecule has 0 radical (unpaired) electrons. The Hall–Kier alpha value is -3.61. The van der Waals surface area contributed by atoms with Gasteiger partial charge < -0.3 is 19.4 Å². The lowest BCUT2D eigenvalue weighted by Crippen LogP contribution is -2.06. The molecular weight excluding hydrogens is 359 g/mol. The third-order valence-electron chi connectivity index (χ3n) is 4.83. The van der Waals surface area contributed by atoms with Gasteiger partial charge in [0, 0.05) is 24.7 Å². The molecule has 3 heterocycles. The maximum absolute atomic E-state index is 13.8. The predicted octanol–water partition coefficient (Wildman–Crippen LogP) is 4.12. The highest BCUT2D eigenvalue weighted by molar-refractivity contribution is 5.82. The summed E-state index contributed by atoms with van der Waals surface area (Å²) in [6.07, 6.45) is 1.74. The number of nitrogens with zero attached hydrogens (tertiary/aromatic N) is 3. The van der Waals surface area contributed by atoms with Crippen LogP contribution < -0.4 is 14.8 Å². The minimum absolute atomic E-state index is 0.236. The van der Waals surface area contributed by atoms with Crippen molar-refractivity contribution in [1.82, 2.24) is 14.5 Å². The van der Waals surface area contributed by atoms with Crippen LogP contribution in [0.5, 0.6) is 11.5 Å². The summed E-state index contributed by atoms with van der Waals surface area (Å²) in [7, 11) is 1.92. The normalized spacial score (nSPS) is 12.5. The number of anilines is 1. The van der Waals surface area contributed by atoms with E-state index in [-0.39, 0.29) is 12.6 Å². The van der Waals surface area contributed by atoms with E-state index in [2.05, 4.69) is 15.3 Å². The monoisotopic (exact) mass is 376 g/mol. The summed E-state index contributed by atoms with van der Waals surface area (Å²) >= 11 is 0. The molecule has 0 unspecified atom stereocenters. The van der Waals surface area contributed by atoms with E-state index in [4.69, 9.17) is 9.47 Å². The molecule has 4 aromatic rings. The SMILES string of the molecule is Cn1c(NCc2ccccc2F)nc2cnc(-c3ccc4c(c3)OCO4)cc21. The second kappa shape index (κ2) is 6.53. The Morgan fingerprint density at radius 1 is 1.11 bits per heavy atom. The molecule has 1 aliphatic heterocycles. The fraction of sp³-hybridized carbons (Fsp3) is 0.143. The fourth-order valence-electron chi connectivity index (χ4n) is 3.28. The number of hydrogen-bond acceptors (Lipinski definition) is 5. The molecule has 0 saturated heterocycles. The first kappa shape index (κ1) is 16.6. The molecule has 1 aliphatic rings. The third-order valence-corrected chi connectivity index (χ3v) is 4.83. The Morgan fingerprint density at radius 2 is 1.96 bits per heavy atom. The van der Waals surface area contributed by atoms with Crippen LogP contribution >= 0.6 is 0 Å². The molecule has 0 spiro atoms. The second-order valence-electron chi connectivity index (χ2n) is 6.57. The summed E-state index contributed by atoms with van der Waals surface area (Å²) in [5.41, 5.74) is 4.04. The van der Waals surface area contributed by atoms with Crippen molar-refractivity contribution in [2.24, 2.45) is 7.05 Å². The highest BCUT2D eigenvalue weighted by Crippen LogP contribution is 2.36. The van der Waals surface area contributed by atoms with E-state index in [0.29, 0.717) is 18.1 Å². The van der Waals surface area contributed by atoms with Crippen LogP contribution in [0.2, 0.25) is 0 Å². The lowest BCUT2D eigenvalue weighted by atomic mass is 10.1. The first-order chi connectivity index (χ1) is 13.7. The summed E-state index contributed by atoms with van der Waals surface area (Å²) in [6, 6.07) is 14.4. The highest BCUT2D eigenvalue weighted by atomic mass is 19.1. The number of fused-ring (bicyclic) bond motifs is 2. The van der Waals surface area contributed by atoms with Crippen molar-refractivity contribution in [2.45, 2.75) is 6.54 Å². The zero-order valence-electron chi connectivity index (χ0n) is 15.1. The van der Waals surface area contributed by atoms with Gasteiger partial charge in [-0.2, -0.15) is 0 Å². The number of ether oxygens (including phenoxy) is 2. The molecule has 140 valence electrons. The molecule has 6 nitrogen and oxygen atoms in total. The lowest BCUT2D eigenvalue weighted by molar-refractivity contribution is 0.174. The molecule has 0 aliphatic carbocycles. The topological polar surface area (TPSA) is 61.2 Å². The Labute approximate surface area is 160 Å². The van der Waals surface area contributed by atoms with Gasteiger partial charge in [-0.3, -0.25) is 4.98 Å². The van der Waals surface area contributed by atoms with Gasteiger partial charge in [-0.1, -0.05) is 18.2 Å². The smallest absolute Gasteiger partial charge is 0.231 e. The Kier molecular flexibility index (Phi) is 3.86. The summed E-state index contributed by atoms with van der Waals surface area (Å²) in [5.74, 6) is 1.88. The molecule has 5 rings (SSSR count). The van der Waals surface area contributed by atoms with Crippen LogP contribution in [-0.2, 0) is 13.6 Å². The molecule has 0 bridgehead atoms. The van der Waals surface area contributed by atoms with Crippen molar-refractivity contribution in [1.29, 1.82) is 0 Å². The largest absolute Gasteiger partial charge is 0.454 e. The maximum Gasteiger partial charge on any atom is 0.231 e. The fourth-order valence-corrected chi connectivity index (χ4v) is 3.28. The quantitative estimate of drug-likeness (QED) is 0.581. The number of aromatic nitrogens is 3. The molecule has 0 saturated carbocycles. The lowest BCUT2D eigenvalue weighted by Gasteiger charge is -2.07. The van der Waals surface area contributed by atoms with E-state index in [9.17, 15) is 4.39 Å². The number of halogens is 1. The van der Waals surface area contributed by atoms with Crippen molar-refractivity contribution in [3.05, 3.63) is 66.1 Å². The Balaban J connectivity index is 1.46. The van der Waals surface area contributed by atoms with E-state index in [1.54, 1.807) is 18.3 Å². The number of hydrogen-bond donors (Lipinski definition) is 1. The van der Waals surface area contributed by atoms with Gasteiger partial charge in [0.25, 0.3) is 0 Å². The molecule has 28 heavy (non-hydrogen) atoms. The zero-order valence-corrected chi connectivity index (χ0v) is 15.1. The van der Waals surface area contributed by atoms with Gasteiger partial charge in [-0.25, -0.2) is 9.37 Å². The van der Waals surface area contributed by atoms with Crippen LogP contribution in [0.3, 0.4) is 0 Å². The molecule has 1 N–H and O–H groups in total. The first-order valence-corrected chi connectivity index (χ1v) is 8.89. The van der Waals surface area contributed by atoms with Gasteiger partial charge in [0.05, 0.1) is 17.4 Å². The van der Waals surface area contributed by atoms with Crippen molar-refractivity contribution < 1.29 is 13.9 Å². The molecule has 0 fully saturated rings.